The van der Waals surface area contributed by atoms with Crippen molar-refractivity contribution in [2.24, 2.45) is 5.92 Å². The lowest BCUT2D eigenvalue weighted by molar-refractivity contribution is 0.0958. The first kappa shape index (κ1) is 21.3. The van der Waals surface area contributed by atoms with Crippen LogP contribution >= 0.6 is 0 Å². The van der Waals surface area contributed by atoms with Gasteiger partial charge in [0.15, 0.2) is 0 Å². The highest BCUT2D eigenvalue weighted by atomic mass is 19.1. The van der Waals surface area contributed by atoms with E-state index in [1.165, 1.54) is 12.1 Å². The number of fused-ring (bicyclic) bond motifs is 2. The van der Waals surface area contributed by atoms with Gasteiger partial charge in [0.1, 0.15) is 11.5 Å². The zero-order valence-electron chi connectivity index (χ0n) is 19.2. The molecule has 3 aliphatic rings. The van der Waals surface area contributed by atoms with Gasteiger partial charge in [0, 0.05) is 55.8 Å². The number of aromatic amines is 1. The van der Waals surface area contributed by atoms with Crippen LogP contribution in [0.3, 0.4) is 0 Å². The summed E-state index contributed by atoms with van der Waals surface area (Å²) in [5, 5.41) is 3.83. The minimum Gasteiger partial charge on any atom is -0.368 e. The monoisotopic (exact) mass is 461 g/mol. The standard InChI is InChI=1S/C26H28FN5O2/c1-28-25(34)22-5-4-19(15-29-22)31-6-8-32(9-7-31)20-11-17-13-26(17,14-20)23-10-16-2-3-18(27)12-21(16)24(33)30-23/h2-5,10,12,15,17,20H,6-9,11,13-14H2,1H3,(H,28,34)(H,30,33)/t17-,20-,26+/m0/s1. The number of carbonyl (C=O) groups excluding carboxylic acids is 1. The van der Waals surface area contributed by atoms with Crippen LogP contribution in [0.15, 0.2) is 47.4 Å². The summed E-state index contributed by atoms with van der Waals surface area (Å²) in [5.74, 6) is 0.0435. The van der Waals surface area contributed by atoms with Crippen molar-refractivity contribution in [3.63, 3.8) is 0 Å². The average molecular weight is 462 g/mol. The number of hydrogen-bond acceptors (Lipinski definition) is 5. The van der Waals surface area contributed by atoms with Gasteiger partial charge in [-0.2, -0.15) is 0 Å². The minimum absolute atomic E-state index is 0.0587. The van der Waals surface area contributed by atoms with Gasteiger partial charge < -0.3 is 15.2 Å². The molecule has 7 nitrogen and oxygen atoms in total. The van der Waals surface area contributed by atoms with Crippen LogP contribution in [0.5, 0.6) is 0 Å². The smallest absolute Gasteiger partial charge is 0.269 e. The highest BCUT2D eigenvalue weighted by Crippen LogP contribution is 2.64. The number of pyridine rings is 2. The molecule has 1 saturated heterocycles. The van der Waals surface area contributed by atoms with Crippen LogP contribution in [0, 0.1) is 11.7 Å². The van der Waals surface area contributed by atoms with E-state index < -0.39 is 0 Å². The summed E-state index contributed by atoms with van der Waals surface area (Å²) in [4.78, 5) is 36.6. The number of anilines is 1. The number of nitrogens with one attached hydrogen (secondary N) is 2. The minimum atomic E-state index is -0.383. The molecule has 0 radical (unpaired) electrons. The van der Waals surface area contributed by atoms with E-state index >= 15 is 0 Å². The molecule has 6 rings (SSSR count). The average Bonchev–Trinajstić information content (AvgIpc) is 3.44. The Labute approximate surface area is 197 Å². The highest BCUT2D eigenvalue weighted by Gasteiger charge is 2.62. The molecule has 176 valence electrons. The zero-order valence-corrected chi connectivity index (χ0v) is 19.2. The second-order valence-electron chi connectivity index (χ2n) is 9.90. The number of rotatable bonds is 4. The molecule has 3 aromatic rings. The predicted octanol–water partition coefficient (Wildman–Crippen LogP) is 2.66. The first-order valence-electron chi connectivity index (χ1n) is 12.0. The third kappa shape index (κ3) is 3.48. The Bertz CT molecular complexity index is 1320. The molecule has 3 heterocycles. The highest BCUT2D eigenvalue weighted by molar-refractivity contribution is 5.92. The largest absolute Gasteiger partial charge is 0.368 e. The van der Waals surface area contributed by atoms with E-state index in [9.17, 15) is 14.0 Å². The SMILES string of the molecule is CNC(=O)c1ccc(N2CCN([C@H]3C[C@H]4C[C@@]4(c4cc5ccc(F)cc5c(=O)[nH]4)C3)CC2)cn1. The fraction of sp³-hybridized carbons (Fsp3) is 0.423. The Balaban J connectivity index is 1.12. The number of amides is 1. The molecule has 0 spiro atoms. The predicted molar refractivity (Wildman–Crippen MR) is 129 cm³/mol. The first-order valence-corrected chi connectivity index (χ1v) is 12.0. The number of aromatic nitrogens is 2. The number of H-pyrrole nitrogens is 1. The van der Waals surface area contributed by atoms with Crippen LogP contribution in [-0.4, -0.2) is 60.0 Å². The van der Waals surface area contributed by atoms with Gasteiger partial charge in [-0.25, -0.2) is 9.37 Å². The van der Waals surface area contributed by atoms with Gasteiger partial charge in [-0.05, 0) is 60.9 Å². The van der Waals surface area contributed by atoms with Crippen LogP contribution in [0.1, 0.15) is 35.4 Å². The molecule has 1 aliphatic heterocycles. The lowest BCUT2D eigenvalue weighted by Gasteiger charge is -2.39. The third-order valence-corrected chi connectivity index (χ3v) is 8.14. The van der Waals surface area contributed by atoms with Gasteiger partial charge in [-0.15, -0.1) is 0 Å². The zero-order chi connectivity index (χ0) is 23.4. The lowest BCUT2D eigenvalue weighted by atomic mass is 9.95. The van der Waals surface area contributed by atoms with Crippen LogP contribution < -0.4 is 15.8 Å². The summed E-state index contributed by atoms with van der Waals surface area (Å²) in [5.41, 5.74) is 2.36. The molecule has 2 aromatic heterocycles. The molecular formula is C26H28FN5O2. The van der Waals surface area contributed by atoms with Gasteiger partial charge in [0.25, 0.3) is 11.5 Å². The summed E-state index contributed by atoms with van der Waals surface area (Å²) in [6.45, 7) is 3.82. The summed E-state index contributed by atoms with van der Waals surface area (Å²) >= 11 is 0. The second-order valence-corrected chi connectivity index (χ2v) is 9.90. The molecule has 0 bridgehead atoms. The Morgan fingerprint density at radius 3 is 2.71 bits per heavy atom. The maximum Gasteiger partial charge on any atom is 0.269 e. The third-order valence-electron chi connectivity index (χ3n) is 8.14. The molecule has 0 unspecified atom stereocenters. The number of halogens is 1. The molecule has 2 N–H and O–H groups in total. The number of hydrogen-bond donors (Lipinski definition) is 2. The van der Waals surface area contributed by atoms with E-state index in [2.05, 4.69) is 31.2 Å². The molecule has 2 aliphatic carbocycles. The van der Waals surface area contributed by atoms with E-state index in [1.54, 1.807) is 25.4 Å². The van der Waals surface area contributed by atoms with Crippen LogP contribution in [0.4, 0.5) is 10.1 Å². The van der Waals surface area contributed by atoms with E-state index in [0.29, 0.717) is 23.0 Å². The summed E-state index contributed by atoms with van der Waals surface area (Å²) < 4.78 is 13.6. The molecular weight excluding hydrogens is 433 g/mol. The van der Waals surface area contributed by atoms with Crippen molar-refractivity contribution < 1.29 is 9.18 Å². The normalized spacial score (nSPS) is 26.5. The van der Waals surface area contributed by atoms with Crippen LogP contribution in [-0.2, 0) is 5.41 Å². The fourth-order valence-electron chi connectivity index (χ4n) is 6.17. The fourth-order valence-corrected chi connectivity index (χ4v) is 6.17. The molecule has 2 saturated carbocycles. The maximum absolute atomic E-state index is 13.6. The van der Waals surface area contributed by atoms with Crippen molar-refractivity contribution in [2.75, 3.05) is 38.1 Å². The number of benzene rings is 1. The number of carbonyl (C=O) groups is 1. The molecule has 1 aromatic carbocycles. The van der Waals surface area contributed by atoms with Crippen molar-refractivity contribution in [2.45, 2.75) is 30.7 Å². The number of nitrogens with zero attached hydrogens (tertiary/aromatic N) is 3. The molecule has 34 heavy (non-hydrogen) atoms. The quantitative estimate of drug-likeness (QED) is 0.625. The summed E-state index contributed by atoms with van der Waals surface area (Å²) in [6.07, 6.45) is 5.12. The van der Waals surface area contributed by atoms with Gasteiger partial charge in [-0.1, -0.05) is 6.07 Å². The maximum atomic E-state index is 13.6. The molecule has 1 amide bonds. The Kier molecular flexibility index (Phi) is 4.95. The van der Waals surface area contributed by atoms with Crippen molar-refractivity contribution >= 4 is 22.4 Å². The molecule has 8 heteroatoms. The topological polar surface area (TPSA) is 81.3 Å². The van der Waals surface area contributed by atoms with Crippen LogP contribution in [0.2, 0.25) is 0 Å². The Morgan fingerprint density at radius 2 is 1.97 bits per heavy atom. The van der Waals surface area contributed by atoms with E-state index in [-0.39, 0.29) is 22.7 Å². The summed E-state index contributed by atoms with van der Waals surface area (Å²) in [6, 6.07) is 10.8. The van der Waals surface area contributed by atoms with Crippen molar-refractivity contribution in [1.82, 2.24) is 20.2 Å². The van der Waals surface area contributed by atoms with Gasteiger partial charge >= 0.3 is 0 Å². The lowest BCUT2D eigenvalue weighted by Crippen LogP contribution is -2.50. The van der Waals surface area contributed by atoms with Crippen molar-refractivity contribution in [3.8, 4) is 0 Å². The van der Waals surface area contributed by atoms with Crippen LogP contribution in [0.25, 0.3) is 10.8 Å². The van der Waals surface area contributed by atoms with Crippen molar-refractivity contribution in [1.29, 1.82) is 0 Å². The van der Waals surface area contributed by atoms with E-state index in [1.807, 2.05) is 6.07 Å². The Hall–Kier alpha value is -3.26. The second kappa shape index (κ2) is 7.91. The van der Waals surface area contributed by atoms with Crippen molar-refractivity contribution in [3.05, 3.63) is 70.2 Å². The molecule has 3 atom stereocenters. The summed E-state index contributed by atoms with van der Waals surface area (Å²) in [7, 11) is 1.60. The first-order chi connectivity index (χ1) is 16.5. The number of piperazine rings is 1. The Morgan fingerprint density at radius 1 is 1.15 bits per heavy atom. The van der Waals surface area contributed by atoms with E-state index in [4.69, 9.17) is 0 Å². The van der Waals surface area contributed by atoms with Gasteiger partial charge in [0.2, 0.25) is 0 Å². The van der Waals surface area contributed by atoms with Gasteiger partial charge in [0.05, 0.1) is 11.9 Å². The van der Waals surface area contributed by atoms with Gasteiger partial charge in [-0.3, -0.25) is 14.5 Å². The molecule has 3 fully saturated rings. The van der Waals surface area contributed by atoms with E-state index in [0.717, 1.165) is 62.2 Å².